The van der Waals surface area contributed by atoms with E-state index in [2.05, 4.69) is 5.32 Å². The number of benzene rings is 2. The van der Waals surface area contributed by atoms with E-state index >= 15 is 4.39 Å². The zero-order valence-electron chi connectivity index (χ0n) is 20.5. The number of unbranched alkanes of at least 4 members (excludes halogenated alkanes) is 1. The fourth-order valence-electron chi connectivity index (χ4n) is 3.59. The van der Waals surface area contributed by atoms with Gasteiger partial charge in [-0.05, 0) is 36.3 Å². The van der Waals surface area contributed by atoms with E-state index < -0.39 is 70.4 Å². The van der Waals surface area contributed by atoms with E-state index in [0.717, 1.165) is 24.6 Å². The summed E-state index contributed by atoms with van der Waals surface area (Å²) in [5.74, 6) is -6.76. The van der Waals surface area contributed by atoms with Crippen molar-refractivity contribution in [1.82, 2.24) is 5.32 Å². The number of amides is 1. The van der Waals surface area contributed by atoms with Gasteiger partial charge >= 0.3 is 12.4 Å². The fourth-order valence-corrected chi connectivity index (χ4v) is 4.20. The van der Waals surface area contributed by atoms with Gasteiger partial charge in [-0.3, -0.25) is 9.59 Å². The van der Waals surface area contributed by atoms with Crippen molar-refractivity contribution in [2.24, 2.45) is 5.92 Å². The number of alkyl halides is 6. The second-order valence-electron chi connectivity index (χ2n) is 8.76. The molecule has 3 nitrogen and oxygen atoms in total. The molecule has 0 spiro atoms. The van der Waals surface area contributed by atoms with Gasteiger partial charge in [-0.2, -0.15) is 26.3 Å². The smallest absolute Gasteiger partial charge is 0.356 e. The van der Waals surface area contributed by atoms with Gasteiger partial charge in [-0.1, -0.05) is 67.2 Å². The van der Waals surface area contributed by atoms with Crippen molar-refractivity contribution in [3.63, 3.8) is 0 Å². The number of rotatable bonds is 10. The molecule has 1 N–H and O–H groups in total. The van der Waals surface area contributed by atoms with Crippen LogP contribution >= 0.6 is 34.8 Å². The summed E-state index contributed by atoms with van der Waals surface area (Å²) in [6, 6.07) is 3.32. The maximum Gasteiger partial charge on any atom is 0.417 e. The third-order valence-corrected chi connectivity index (χ3v) is 6.90. The Morgan fingerprint density at radius 3 is 2.10 bits per heavy atom. The molecule has 0 aromatic heterocycles. The molecule has 0 heterocycles. The van der Waals surface area contributed by atoms with Crippen molar-refractivity contribution in [1.29, 1.82) is 0 Å². The van der Waals surface area contributed by atoms with Crippen molar-refractivity contribution < 1.29 is 40.3 Å². The van der Waals surface area contributed by atoms with Crippen LogP contribution in [0.1, 0.15) is 66.1 Å². The summed E-state index contributed by atoms with van der Waals surface area (Å²) in [4.78, 5) is 24.8. The molecule has 214 valence electrons. The van der Waals surface area contributed by atoms with Crippen LogP contribution in [0.15, 0.2) is 36.4 Å². The Bertz CT molecular complexity index is 1220. The molecular formula is C26H23Cl3F7NO2. The molecule has 0 saturated carbocycles. The van der Waals surface area contributed by atoms with Crippen molar-refractivity contribution >= 4 is 52.3 Å². The minimum absolute atomic E-state index is 0.0790. The van der Waals surface area contributed by atoms with Gasteiger partial charge < -0.3 is 5.32 Å². The Morgan fingerprint density at radius 2 is 1.59 bits per heavy atom. The number of hydrogen-bond donors (Lipinski definition) is 1. The molecule has 0 saturated heterocycles. The highest BCUT2D eigenvalue weighted by atomic mass is 35.5. The number of carbonyl (C=O) groups is 2. The van der Waals surface area contributed by atoms with Crippen LogP contribution in [-0.4, -0.2) is 24.4 Å². The average Bonchev–Trinajstić information content (AvgIpc) is 2.83. The van der Waals surface area contributed by atoms with Crippen LogP contribution in [0.3, 0.4) is 0 Å². The Labute approximate surface area is 235 Å². The molecule has 0 aliphatic rings. The molecule has 2 aromatic rings. The predicted molar refractivity (Wildman–Crippen MR) is 137 cm³/mol. The SMILES string of the molecule is CCCCNC(=O)[C@@H](C)CC(=O)c1ccc(/C(F)=C/C(c2cc(Cl)c(Cl)c(Cl)c2)C(F)(F)F)cc1C(F)(F)F. The summed E-state index contributed by atoms with van der Waals surface area (Å²) >= 11 is 17.3. The van der Waals surface area contributed by atoms with E-state index in [0.29, 0.717) is 19.0 Å². The zero-order chi connectivity index (χ0) is 29.7. The van der Waals surface area contributed by atoms with Crippen LogP contribution in [0, 0.1) is 5.92 Å². The molecule has 0 fully saturated rings. The Kier molecular flexibility index (Phi) is 11.3. The van der Waals surface area contributed by atoms with E-state index in [9.17, 15) is 35.9 Å². The highest BCUT2D eigenvalue weighted by Crippen LogP contribution is 2.43. The first-order chi connectivity index (χ1) is 18.0. The molecule has 0 radical (unpaired) electrons. The van der Waals surface area contributed by atoms with Gasteiger partial charge in [0.25, 0.3) is 0 Å². The largest absolute Gasteiger partial charge is 0.417 e. The van der Waals surface area contributed by atoms with E-state index in [1.54, 1.807) is 0 Å². The molecule has 13 heteroatoms. The van der Waals surface area contributed by atoms with Crippen LogP contribution in [0.25, 0.3) is 5.83 Å². The number of hydrogen-bond acceptors (Lipinski definition) is 2. The minimum atomic E-state index is -5.14. The lowest BCUT2D eigenvalue weighted by Gasteiger charge is -2.19. The molecular weight excluding hydrogens is 598 g/mol. The number of carbonyl (C=O) groups excluding carboxylic acids is 2. The first kappa shape index (κ1) is 32.9. The van der Waals surface area contributed by atoms with E-state index in [1.165, 1.54) is 6.92 Å². The monoisotopic (exact) mass is 619 g/mol. The quantitative estimate of drug-likeness (QED) is 0.124. The Morgan fingerprint density at radius 1 is 1.00 bits per heavy atom. The second kappa shape index (κ2) is 13.4. The van der Waals surface area contributed by atoms with E-state index in [4.69, 9.17) is 34.8 Å². The third kappa shape index (κ3) is 8.85. The van der Waals surface area contributed by atoms with Gasteiger partial charge in [0, 0.05) is 30.0 Å². The maximum atomic E-state index is 15.0. The highest BCUT2D eigenvalue weighted by Gasteiger charge is 2.41. The second-order valence-corrected chi connectivity index (χ2v) is 9.96. The molecule has 2 aromatic carbocycles. The van der Waals surface area contributed by atoms with Crippen LogP contribution in [-0.2, 0) is 11.0 Å². The molecule has 0 aliphatic heterocycles. The Hall–Kier alpha value is -2.30. The summed E-state index contributed by atoms with van der Waals surface area (Å²) in [7, 11) is 0. The normalized spacial score (nSPS) is 14.2. The first-order valence-corrected chi connectivity index (χ1v) is 12.7. The molecule has 0 aliphatic carbocycles. The molecule has 0 bridgehead atoms. The van der Waals surface area contributed by atoms with Crippen molar-refractivity contribution in [3.8, 4) is 0 Å². The predicted octanol–water partition coefficient (Wildman–Crippen LogP) is 9.45. The topological polar surface area (TPSA) is 46.2 Å². The third-order valence-electron chi connectivity index (χ3n) is 5.70. The van der Waals surface area contributed by atoms with Crippen molar-refractivity contribution in [3.05, 3.63) is 73.7 Å². The van der Waals surface area contributed by atoms with E-state index in [-0.39, 0.29) is 27.2 Å². The van der Waals surface area contributed by atoms with Crippen molar-refractivity contribution in [2.45, 2.75) is 51.4 Å². The summed E-state index contributed by atoms with van der Waals surface area (Å²) in [6.45, 7) is 3.61. The van der Waals surface area contributed by atoms with Gasteiger partial charge in [0.05, 0.1) is 20.6 Å². The molecule has 2 atom stereocenters. The van der Waals surface area contributed by atoms with E-state index in [1.807, 2.05) is 6.92 Å². The van der Waals surface area contributed by atoms with Crippen LogP contribution < -0.4 is 5.32 Å². The Balaban J connectivity index is 2.45. The summed E-state index contributed by atoms with van der Waals surface area (Å²) in [5.41, 5.74) is -3.82. The number of allylic oxidation sites excluding steroid dienone is 1. The standard InChI is InChI=1S/C26H23Cl3F7NO2/c1-3-4-7-37-24(39)13(2)8-22(38)16-6-5-14(9-18(16)26(34,35)36)21(30)12-17(25(31,32)33)15-10-19(27)23(29)20(28)11-15/h5-6,9-13,17H,3-4,7-8H2,1-2H3,(H,37,39)/b21-12-/t13-,17?/m0/s1. The maximum absolute atomic E-state index is 15.0. The lowest BCUT2D eigenvalue weighted by atomic mass is 9.92. The molecule has 1 amide bonds. The zero-order valence-corrected chi connectivity index (χ0v) is 22.8. The molecule has 2 rings (SSSR count). The summed E-state index contributed by atoms with van der Waals surface area (Å²) in [6.07, 6.45) is -9.23. The number of ketones is 1. The number of nitrogens with one attached hydrogen (secondary N) is 1. The van der Waals surface area contributed by atoms with Crippen molar-refractivity contribution in [2.75, 3.05) is 6.54 Å². The minimum Gasteiger partial charge on any atom is -0.356 e. The number of Topliss-reactive ketones (excluding diaryl/α,β-unsaturated/α-hetero) is 1. The lowest BCUT2D eigenvalue weighted by molar-refractivity contribution is -0.140. The van der Waals surface area contributed by atoms with Crippen LogP contribution in [0.2, 0.25) is 15.1 Å². The van der Waals surface area contributed by atoms with Crippen LogP contribution in [0.5, 0.6) is 0 Å². The molecule has 39 heavy (non-hydrogen) atoms. The van der Waals surface area contributed by atoms with Crippen LogP contribution in [0.4, 0.5) is 30.7 Å². The fraction of sp³-hybridized carbons (Fsp3) is 0.385. The average molecular weight is 621 g/mol. The van der Waals surface area contributed by atoms with Gasteiger partial charge in [0.1, 0.15) is 11.7 Å². The lowest BCUT2D eigenvalue weighted by Crippen LogP contribution is -2.31. The van der Waals surface area contributed by atoms with Gasteiger partial charge in [0.2, 0.25) is 5.91 Å². The van der Waals surface area contributed by atoms with Gasteiger partial charge in [0.15, 0.2) is 5.78 Å². The van der Waals surface area contributed by atoms with Gasteiger partial charge in [-0.15, -0.1) is 0 Å². The number of halogens is 10. The highest BCUT2D eigenvalue weighted by molar-refractivity contribution is 6.48. The van der Waals surface area contributed by atoms with Gasteiger partial charge in [-0.25, -0.2) is 4.39 Å². The molecule has 1 unspecified atom stereocenters. The summed E-state index contributed by atoms with van der Waals surface area (Å²) < 4.78 is 97.8. The summed E-state index contributed by atoms with van der Waals surface area (Å²) in [5, 5.41) is 1.68. The first-order valence-electron chi connectivity index (χ1n) is 11.6.